The van der Waals surface area contributed by atoms with Gasteiger partial charge in [-0.05, 0) is 69.2 Å². The molecule has 27 heavy (non-hydrogen) atoms. The third-order valence-electron chi connectivity index (χ3n) is 6.22. The highest BCUT2D eigenvalue weighted by Gasteiger charge is 2.30. The molecule has 1 fully saturated rings. The standard InChI is InChI=1S/C22H27N5/c1-13-10-16-14(2)12-22(3,4)25-18(16)11-17(13)19-8-9-23-21-24-20(26-27(19)21)15-6-5-7-15/h8-11,14-15,25H,5-7,12H2,1-4H3/t14-/m1/s1. The SMILES string of the molecule is Cc1cc2c(cc1-c1ccnc3nc(C4CCC4)nn13)NC(C)(C)C[C@H]2C. The van der Waals surface area contributed by atoms with Gasteiger partial charge in [-0.25, -0.2) is 4.98 Å². The highest BCUT2D eigenvalue weighted by molar-refractivity contribution is 5.73. The van der Waals surface area contributed by atoms with Gasteiger partial charge < -0.3 is 5.32 Å². The molecule has 0 bridgehead atoms. The number of hydrogen-bond donors (Lipinski definition) is 1. The van der Waals surface area contributed by atoms with Gasteiger partial charge in [-0.1, -0.05) is 19.4 Å². The Hall–Kier alpha value is -2.43. The van der Waals surface area contributed by atoms with Gasteiger partial charge in [-0.2, -0.15) is 9.50 Å². The molecule has 5 rings (SSSR count). The van der Waals surface area contributed by atoms with Crippen molar-refractivity contribution >= 4 is 11.5 Å². The van der Waals surface area contributed by atoms with E-state index in [1.165, 1.54) is 41.6 Å². The zero-order valence-electron chi connectivity index (χ0n) is 16.6. The van der Waals surface area contributed by atoms with Crippen LogP contribution in [0, 0.1) is 6.92 Å². The summed E-state index contributed by atoms with van der Waals surface area (Å²) in [6.07, 6.45) is 6.67. The maximum atomic E-state index is 4.83. The van der Waals surface area contributed by atoms with Gasteiger partial charge in [0.1, 0.15) is 0 Å². The number of rotatable bonds is 2. The lowest BCUT2D eigenvalue weighted by Gasteiger charge is -2.38. The second-order valence-corrected chi connectivity index (χ2v) is 9.01. The van der Waals surface area contributed by atoms with Gasteiger partial charge in [0.2, 0.25) is 0 Å². The van der Waals surface area contributed by atoms with Crippen LogP contribution < -0.4 is 5.32 Å². The van der Waals surface area contributed by atoms with Gasteiger partial charge in [-0.15, -0.1) is 5.10 Å². The van der Waals surface area contributed by atoms with Crippen LogP contribution in [-0.2, 0) is 0 Å². The van der Waals surface area contributed by atoms with E-state index in [9.17, 15) is 0 Å². The fourth-order valence-electron chi connectivity index (χ4n) is 4.67. The molecular weight excluding hydrogens is 334 g/mol. The molecule has 5 nitrogen and oxygen atoms in total. The summed E-state index contributed by atoms with van der Waals surface area (Å²) in [5.74, 6) is 2.71. The van der Waals surface area contributed by atoms with Crippen molar-refractivity contribution < 1.29 is 0 Å². The molecule has 0 spiro atoms. The van der Waals surface area contributed by atoms with Gasteiger partial charge in [0.15, 0.2) is 5.82 Å². The molecular formula is C22H27N5. The average molecular weight is 361 g/mol. The molecule has 2 aliphatic rings. The molecule has 0 unspecified atom stereocenters. The lowest BCUT2D eigenvalue weighted by atomic mass is 9.80. The maximum absolute atomic E-state index is 4.83. The van der Waals surface area contributed by atoms with Crippen molar-refractivity contribution in [3.8, 4) is 11.3 Å². The fraction of sp³-hybridized carbons (Fsp3) is 0.500. The van der Waals surface area contributed by atoms with Crippen LogP contribution in [0.1, 0.15) is 75.2 Å². The number of anilines is 1. The van der Waals surface area contributed by atoms with E-state index in [4.69, 9.17) is 10.1 Å². The van der Waals surface area contributed by atoms with Crippen LogP contribution in [-0.4, -0.2) is 25.1 Å². The van der Waals surface area contributed by atoms with E-state index >= 15 is 0 Å². The van der Waals surface area contributed by atoms with Gasteiger partial charge in [-0.3, -0.25) is 0 Å². The zero-order valence-corrected chi connectivity index (χ0v) is 16.6. The van der Waals surface area contributed by atoms with E-state index in [1.54, 1.807) is 0 Å². The third-order valence-corrected chi connectivity index (χ3v) is 6.22. The van der Waals surface area contributed by atoms with Crippen LogP contribution in [0.5, 0.6) is 0 Å². The Balaban J connectivity index is 1.65. The third kappa shape index (κ3) is 2.71. The van der Waals surface area contributed by atoms with Crippen molar-refractivity contribution in [2.24, 2.45) is 0 Å². The zero-order chi connectivity index (χ0) is 18.8. The van der Waals surface area contributed by atoms with Crippen molar-refractivity contribution in [3.63, 3.8) is 0 Å². The quantitative estimate of drug-likeness (QED) is 0.693. The summed E-state index contributed by atoms with van der Waals surface area (Å²) < 4.78 is 1.93. The Morgan fingerprint density at radius 3 is 2.78 bits per heavy atom. The predicted molar refractivity (Wildman–Crippen MR) is 108 cm³/mol. The van der Waals surface area contributed by atoms with E-state index < -0.39 is 0 Å². The van der Waals surface area contributed by atoms with Gasteiger partial charge >= 0.3 is 0 Å². The first-order valence-corrected chi connectivity index (χ1v) is 10.1. The van der Waals surface area contributed by atoms with E-state index in [0.29, 0.717) is 17.6 Å². The largest absolute Gasteiger partial charge is 0.380 e. The monoisotopic (exact) mass is 361 g/mol. The van der Waals surface area contributed by atoms with Crippen molar-refractivity contribution in [1.82, 2.24) is 19.6 Å². The number of nitrogens with zero attached hydrogens (tertiary/aromatic N) is 4. The molecule has 1 aromatic carbocycles. The number of aryl methyl sites for hydroxylation is 1. The number of aromatic nitrogens is 4. The summed E-state index contributed by atoms with van der Waals surface area (Å²) in [6, 6.07) is 6.69. The van der Waals surface area contributed by atoms with Crippen molar-refractivity contribution in [2.75, 3.05) is 5.32 Å². The fourth-order valence-corrected chi connectivity index (χ4v) is 4.67. The number of fused-ring (bicyclic) bond motifs is 2. The molecule has 140 valence electrons. The van der Waals surface area contributed by atoms with Crippen LogP contribution in [0.2, 0.25) is 0 Å². The Bertz CT molecular complexity index is 1030. The highest BCUT2D eigenvalue weighted by Crippen LogP contribution is 2.42. The molecule has 5 heteroatoms. The second-order valence-electron chi connectivity index (χ2n) is 9.01. The van der Waals surface area contributed by atoms with Crippen molar-refractivity contribution in [2.45, 2.75) is 70.8 Å². The normalized spacial score (nSPS) is 21.6. The van der Waals surface area contributed by atoms with Crippen LogP contribution >= 0.6 is 0 Å². The maximum Gasteiger partial charge on any atom is 0.252 e. The van der Waals surface area contributed by atoms with Crippen molar-refractivity contribution in [3.05, 3.63) is 41.3 Å². The first-order valence-electron chi connectivity index (χ1n) is 10.1. The molecule has 0 amide bonds. The molecule has 3 aromatic rings. The predicted octanol–water partition coefficient (Wildman–Crippen LogP) is 5.06. The second kappa shape index (κ2) is 5.78. The summed E-state index contributed by atoms with van der Waals surface area (Å²) in [6.45, 7) is 9.07. The van der Waals surface area contributed by atoms with Gasteiger partial charge in [0.25, 0.3) is 5.78 Å². The molecule has 2 aromatic heterocycles. The smallest absolute Gasteiger partial charge is 0.252 e. The van der Waals surface area contributed by atoms with E-state index in [2.05, 4.69) is 56.2 Å². The molecule has 1 aliphatic heterocycles. The van der Waals surface area contributed by atoms with E-state index in [0.717, 1.165) is 17.9 Å². The first-order chi connectivity index (χ1) is 12.9. The Morgan fingerprint density at radius 1 is 1.22 bits per heavy atom. The van der Waals surface area contributed by atoms with Crippen LogP contribution in [0.4, 0.5) is 5.69 Å². The first kappa shape index (κ1) is 16.7. The molecule has 0 radical (unpaired) electrons. The highest BCUT2D eigenvalue weighted by atomic mass is 15.3. The molecule has 1 saturated carbocycles. The summed E-state index contributed by atoms with van der Waals surface area (Å²) in [5.41, 5.74) is 6.30. The van der Waals surface area contributed by atoms with Crippen LogP contribution in [0.15, 0.2) is 24.4 Å². The Morgan fingerprint density at radius 2 is 2.04 bits per heavy atom. The van der Waals surface area contributed by atoms with Crippen LogP contribution in [0.3, 0.4) is 0 Å². The Kier molecular flexibility index (Phi) is 3.58. The minimum atomic E-state index is 0.108. The minimum Gasteiger partial charge on any atom is -0.380 e. The summed E-state index contributed by atoms with van der Waals surface area (Å²) in [5, 5.41) is 8.56. The number of hydrogen-bond acceptors (Lipinski definition) is 4. The lowest BCUT2D eigenvalue weighted by Crippen LogP contribution is -2.36. The molecule has 0 saturated heterocycles. The van der Waals surface area contributed by atoms with E-state index in [1.807, 2.05) is 10.7 Å². The molecule has 1 N–H and O–H groups in total. The lowest BCUT2D eigenvalue weighted by molar-refractivity contribution is 0.402. The van der Waals surface area contributed by atoms with E-state index in [-0.39, 0.29) is 5.54 Å². The van der Waals surface area contributed by atoms with Gasteiger partial charge in [0.05, 0.1) is 5.69 Å². The molecule has 1 atom stereocenters. The molecule has 3 heterocycles. The topological polar surface area (TPSA) is 55.1 Å². The van der Waals surface area contributed by atoms with Crippen LogP contribution in [0.25, 0.3) is 17.0 Å². The number of nitrogens with one attached hydrogen (secondary N) is 1. The van der Waals surface area contributed by atoms with Crippen molar-refractivity contribution in [1.29, 1.82) is 0 Å². The number of benzene rings is 1. The molecule has 1 aliphatic carbocycles. The average Bonchev–Trinajstić information content (AvgIpc) is 2.96. The van der Waals surface area contributed by atoms with Gasteiger partial charge in [0, 0.05) is 28.9 Å². The summed E-state index contributed by atoms with van der Waals surface area (Å²) in [4.78, 5) is 9.15. The minimum absolute atomic E-state index is 0.108. The summed E-state index contributed by atoms with van der Waals surface area (Å²) >= 11 is 0. The summed E-state index contributed by atoms with van der Waals surface area (Å²) in [7, 11) is 0. The Labute approximate surface area is 160 Å².